The highest BCUT2D eigenvalue weighted by atomic mass is 32.1. The van der Waals surface area contributed by atoms with Gasteiger partial charge in [0.2, 0.25) is 0 Å². The Labute approximate surface area is 39.5 Å². The van der Waals surface area contributed by atoms with E-state index in [4.69, 9.17) is 5.11 Å². The van der Waals surface area contributed by atoms with E-state index in [0.717, 1.165) is 0 Å². The standard InChI is InChI=1S/C2H2O3S/c3-2(4)5-1-6/h1H,(H,3,4). The normalized spacial score (nSPS) is 6.67. The van der Waals surface area contributed by atoms with Gasteiger partial charge in [0.05, 0.1) is 0 Å². The molecule has 0 radical (unpaired) electrons. The number of carboxylic acid groups (broad SMARTS) is 1. The minimum atomic E-state index is -1.37. The highest BCUT2D eigenvalue weighted by Gasteiger charge is 1.85. The molecule has 0 aliphatic heterocycles. The predicted octanol–water partition coefficient (Wildman–Crippen LogP) is 0.638. The van der Waals surface area contributed by atoms with Crippen LogP contribution >= 0.6 is 12.2 Å². The fraction of sp³-hybridized carbons (Fsp3) is 0. The van der Waals surface area contributed by atoms with Crippen LogP contribution in [0.1, 0.15) is 0 Å². The lowest BCUT2D eigenvalue weighted by Crippen LogP contribution is -1.94. The molecule has 0 fully saturated rings. The van der Waals surface area contributed by atoms with E-state index in [0.29, 0.717) is 5.55 Å². The first-order chi connectivity index (χ1) is 2.77. The average Bonchev–Trinajstić information content (AvgIpc) is 1.35. The molecule has 0 aromatic rings. The van der Waals surface area contributed by atoms with Gasteiger partial charge in [-0.15, -0.1) is 0 Å². The maximum Gasteiger partial charge on any atom is 0.511 e. The monoisotopic (exact) mass is 106 g/mol. The van der Waals surface area contributed by atoms with Crippen LogP contribution in [0.3, 0.4) is 0 Å². The zero-order chi connectivity index (χ0) is 4.99. The van der Waals surface area contributed by atoms with E-state index in [-0.39, 0.29) is 0 Å². The van der Waals surface area contributed by atoms with E-state index in [1.165, 1.54) is 0 Å². The second kappa shape index (κ2) is 2.59. The van der Waals surface area contributed by atoms with Crippen molar-refractivity contribution in [1.29, 1.82) is 0 Å². The molecule has 6 heavy (non-hydrogen) atoms. The third-order valence-corrected chi connectivity index (χ3v) is 0.245. The van der Waals surface area contributed by atoms with Gasteiger partial charge in [-0.1, -0.05) is 0 Å². The summed E-state index contributed by atoms with van der Waals surface area (Å²) in [6.07, 6.45) is -1.37. The maximum absolute atomic E-state index is 9.28. The van der Waals surface area contributed by atoms with Crippen molar-refractivity contribution in [3.63, 3.8) is 0 Å². The molecule has 0 unspecified atom stereocenters. The Bertz CT molecular complexity index is 69.2. The first-order valence-electron chi connectivity index (χ1n) is 1.10. The van der Waals surface area contributed by atoms with Gasteiger partial charge in [-0.05, 0) is 12.2 Å². The summed E-state index contributed by atoms with van der Waals surface area (Å²) >= 11 is 4.00. The first-order valence-corrected chi connectivity index (χ1v) is 1.57. The zero-order valence-corrected chi connectivity index (χ0v) is 3.57. The summed E-state index contributed by atoms with van der Waals surface area (Å²) in [5.41, 5.74) is 0.683. The van der Waals surface area contributed by atoms with Crippen molar-refractivity contribution in [1.82, 2.24) is 0 Å². The summed E-state index contributed by atoms with van der Waals surface area (Å²) in [7, 11) is 0. The molecule has 0 aromatic carbocycles. The molecule has 0 aliphatic carbocycles. The van der Waals surface area contributed by atoms with Crippen LogP contribution in [0.15, 0.2) is 0 Å². The number of carbonyl (C=O) groups is 1. The molecule has 0 heterocycles. The van der Waals surface area contributed by atoms with Crippen molar-refractivity contribution in [2.45, 2.75) is 0 Å². The third-order valence-electron chi connectivity index (χ3n) is 0.149. The van der Waals surface area contributed by atoms with E-state index in [1.807, 2.05) is 0 Å². The Hall–Kier alpha value is -0.640. The lowest BCUT2D eigenvalue weighted by molar-refractivity contribution is 0.144. The number of ether oxygens (including phenoxy) is 1. The summed E-state index contributed by atoms with van der Waals surface area (Å²) in [4.78, 5) is 9.28. The molecular weight excluding hydrogens is 104 g/mol. The van der Waals surface area contributed by atoms with Crippen LogP contribution in [-0.2, 0) is 4.74 Å². The Morgan fingerprint density at radius 1 is 2.00 bits per heavy atom. The second-order valence-corrected chi connectivity index (χ2v) is 0.672. The fourth-order valence-corrected chi connectivity index (χ4v) is 0.123. The first kappa shape index (κ1) is 5.36. The molecular formula is C2H2O3S. The molecule has 0 bridgehead atoms. The van der Waals surface area contributed by atoms with E-state index in [2.05, 4.69) is 17.0 Å². The van der Waals surface area contributed by atoms with Crippen LogP contribution in [0.2, 0.25) is 0 Å². The summed E-state index contributed by atoms with van der Waals surface area (Å²) < 4.78 is 3.65. The van der Waals surface area contributed by atoms with Crippen LogP contribution in [0.5, 0.6) is 0 Å². The molecule has 0 saturated heterocycles. The molecule has 0 atom stereocenters. The fourth-order valence-electron chi connectivity index (χ4n) is 0.0412. The second-order valence-electron chi connectivity index (χ2n) is 0.480. The Morgan fingerprint density at radius 2 is 2.50 bits per heavy atom. The quantitative estimate of drug-likeness (QED) is 0.393. The van der Waals surface area contributed by atoms with Gasteiger partial charge in [-0.25, -0.2) is 4.79 Å². The van der Waals surface area contributed by atoms with Crippen LogP contribution < -0.4 is 0 Å². The summed E-state index contributed by atoms with van der Waals surface area (Å²) in [5.74, 6) is 0. The van der Waals surface area contributed by atoms with Crippen molar-refractivity contribution in [2.75, 3.05) is 0 Å². The number of rotatable bonds is 1. The number of hydrogen-bond acceptors (Lipinski definition) is 3. The van der Waals surface area contributed by atoms with Crippen LogP contribution in [0.4, 0.5) is 4.79 Å². The lowest BCUT2D eigenvalue weighted by atomic mass is 11.4. The van der Waals surface area contributed by atoms with Gasteiger partial charge in [-0.2, -0.15) is 0 Å². The van der Waals surface area contributed by atoms with Crippen LogP contribution in [0, 0.1) is 0 Å². The minimum Gasteiger partial charge on any atom is -0.449 e. The Balaban J connectivity index is 3.05. The topological polar surface area (TPSA) is 46.5 Å². The van der Waals surface area contributed by atoms with Crippen LogP contribution in [0.25, 0.3) is 0 Å². The van der Waals surface area contributed by atoms with Gasteiger partial charge < -0.3 is 9.84 Å². The zero-order valence-electron chi connectivity index (χ0n) is 2.75. The molecule has 0 aromatic heterocycles. The van der Waals surface area contributed by atoms with Crippen molar-refractivity contribution in [3.8, 4) is 0 Å². The van der Waals surface area contributed by atoms with E-state index in [9.17, 15) is 4.79 Å². The largest absolute Gasteiger partial charge is 0.511 e. The highest BCUT2D eigenvalue weighted by molar-refractivity contribution is 7.78. The van der Waals surface area contributed by atoms with E-state index in [1.54, 1.807) is 0 Å². The van der Waals surface area contributed by atoms with E-state index >= 15 is 0 Å². The minimum absolute atomic E-state index is 0.683. The molecule has 0 spiro atoms. The van der Waals surface area contributed by atoms with Gasteiger partial charge in [0.25, 0.3) is 0 Å². The highest BCUT2D eigenvalue weighted by Crippen LogP contribution is 1.65. The van der Waals surface area contributed by atoms with E-state index < -0.39 is 6.16 Å². The third kappa shape index (κ3) is 3.36. The van der Waals surface area contributed by atoms with Gasteiger partial charge in [0, 0.05) is 0 Å². The SMILES string of the molecule is O=C(O)OC=S. The molecule has 1 N–H and O–H groups in total. The summed E-state index contributed by atoms with van der Waals surface area (Å²) in [6.45, 7) is 0. The van der Waals surface area contributed by atoms with Crippen molar-refractivity contribution in [3.05, 3.63) is 0 Å². The lowest BCUT2D eigenvalue weighted by Gasteiger charge is -1.79. The number of hydrogen-bond donors (Lipinski definition) is 1. The molecule has 0 saturated carbocycles. The molecule has 34 valence electrons. The van der Waals surface area contributed by atoms with Crippen molar-refractivity contribution < 1.29 is 14.6 Å². The van der Waals surface area contributed by atoms with Gasteiger partial charge >= 0.3 is 6.16 Å². The van der Waals surface area contributed by atoms with Crippen molar-refractivity contribution in [2.24, 2.45) is 0 Å². The van der Waals surface area contributed by atoms with Crippen LogP contribution in [-0.4, -0.2) is 16.8 Å². The van der Waals surface area contributed by atoms with Gasteiger partial charge in [0.1, 0.15) is 0 Å². The Kier molecular flexibility index (Phi) is 2.31. The average molecular weight is 106 g/mol. The summed E-state index contributed by atoms with van der Waals surface area (Å²) in [6, 6.07) is 0. The molecule has 3 nitrogen and oxygen atoms in total. The number of thiocarbonyl (C=S) groups is 1. The molecule has 0 aliphatic rings. The Morgan fingerprint density at radius 3 is 2.50 bits per heavy atom. The van der Waals surface area contributed by atoms with Crippen molar-refractivity contribution >= 4 is 23.9 Å². The summed E-state index contributed by atoms with van der Waals surface area (Å²) in [5, 5.41) is 7.59. The molecule has 0 rings (SSSR count). The van der Waals surface area contributed by atoms with Gasteiger partial charge in [0.15, 0.2) is 5.55 Å². The molecule has 0 amide bonds. The molecule has 4 heteroatoms. The smallest absolute Gasteiger partial charge is 0.449 e. The maximum atomic E-state index is 9.28. The van der Waals surface area contributed by atoms with Gasteiger partial charge in [-0.3, -0.25) is 0 Å². The predicted molar refractivity (Wildman–Crippen MR) is 22.8 cm³/mol.